The van der Waals surface area contributed by atoms with Crippen LogP contribution in [0.3, 0.4) is 0 Å². The predicted octanol–water partition coefficient (Wildman–Crippen LogP) is 0.864. The number of sulfonamides is 1. The van der Waals surface area contributed by atoms with E-state index in [-0.39, 0.29) is 4.90 Å². The molecular formula is C10H14N2O4S. The minimum atomic E-state index is -3.87. The first-order chi connectivity index (χ1) is 7.73. The maximum Gasteiger partial charge on any atom is 0.331 e. The van der Waals surface area contributed by atoms with Gasteiger partial charge in [0.1, 0.15) is 4.90 Å². The molecule has 7 heteroatoms. The standard InChI is InChI=1S/C10H14N2O4S/c1-10(2,3)9(13)16-12-17(14,15)8-5-4-6-11-7-8/h4-7,12H,1-3H3. The molecule has 94 valence electrons. The van der Waals surface area contributed by atoms with Crippen molar-refractivity contribution >= 4 is 16.0 Å². The van der Waals surface area contributed by atoms with Crippen molar-refractivity contribution in [2.24, 2.45) is 5.41 Å². The van der Waals surface area contributed by atoms with Crippen LogP contribution in [0.2, 0.25) is 0 Å². The van der Waals surface area contributed by atoms with Crippen LogP contribution in [0.15, 0.2) is 29.4 Å². The van der Waals surface area contributed by atoms with Crippen molar-refractivity contribution in [1.82, 2.24) is 9.87 Å². The van der Waals surface area contributed by atoms with Crippen molar-refractivity contribution in [3.63, 3.8) is 0 Å². The van der Waals surface area contributed by atoms with Gasteiger partial charge in [-0.05, 0) is 37.8 Å². The molecule has 1 N–H and O–H groups in total. The van der Waals surface area contributed by atoms with Gasteiger partial charge in [0.2, 0.25) is 0 Å². The Hall–Kier alpha value is -1.47. The highest BCUT2D eigenvalue weighted by Crippen LogP contribution is 2.15. The summed E-state index contributed by atoms with van der Waals surface area (Å²) in [6.45, 7) is 4.86. The number of aromatic nitrogens is 1. The van der Waals surface area contributed by atoms with Crippen LogP contribution in [-0.4, -0.2) is 19.4 Å². The minimum absolute atomic E-state index is 0.0679. The molecule has 0 saturated heterocycles. The topological polar surface area (TPSA) is 85.4 Å². The number of carbonyl (C=O) groups excluding carboxylic acids is 1. The fourth-order valence-electron chi connectivity index (χ4n) is 0.800. The van der Waals surface area contributed by atoms with E-state index in [0.717, 1.165) is 6.20 Å². The first-order valence-electron chi connectivity index (χ1n) is 4.86. The number of rotatable bonds is 3. The Morgan fingerprint density at radius 3 is 2.53 bits per heavy atom. The zero-order chi connectivity index (χ0) is 13.1. The summed E-state index contributed by atoms with van der Waals surface area (Å²) in [7, 11) is -3.87. The fraction of sp³-hybridized carbons (Fsp3) is 0.400. The number of hydrogen-bond acceptors (Lipinski definition) is 5. The molecule has 1 rings (SSSR count). The van der Waals surface area contributed by atoms with Gasteiger partial charge in [-0.1, -0.05) is 0 Å². The lowest BCUT2D eigenvalue weighted by Gasteiger charge is -2.15. The van der Waals surface area contributed by atoms with Crippen LogP contribution >= 0.6 is 0 Å². The molecule has 0 unspecified atom stereocenters. The average molecular weight is 258 g/mol. The highest BCUT2D eigenvalue weighted by molar-refractivity contribution is 7.89. The molecule has 0 fully saturated rings. The SMILES string of the molecule is CC(C)(C)C(=O)ONS(=O)(=O)c1cccnc1. The van der Waals surface area contributed by atoms with E-state index >= 15 is 0 Å². The van der Waals surface area contributed by atoms with Gasteiger partial charge in [0.05, 0.1) is 5.41 Å². The number of nitrogens with one attached hydrogen (secondary N) is 1. The lowest BCUT2D eigenvalue weighted by molar-refractivity contribution is -0.156. The molecule has 1 aromatic rings. The van der Waals surface area contributed by atoms with E-state index in [0.29, 0.717) is 0 Å². The van der Waals surface area contributed by atoms with Crippen molar-refractivity contribution in [2.45, 2.75) is 25.7 Å². The molecule has 1 aromatic heterocycles. The number of pyridine rings is 1. The van der Waals surface area contributed by atoms with Gasteiger partial charge in [-0.2, -0.15) is 0 Å². The van der Waals surface area contributed by atoms with Gasteiger partial charge in [0, 0.05) is 12.4 Å². The van der Waals surface area contributed by atoms with Gasteiger partial charge in [0.25, 0.3) is 10.0 Å². The summed E-state index contributed by atoms with van der Waals surface area (Å²) in [5.74, 6) is -0.662. The Morgan fingerprint density at radius 1 is 1.41 bits per heavy atom. The van der Waals surface area contributed by atoms with Crippen LogP contribution in [-0.2, 0) is 19.7 Å². The maximum atomic E-state index is 11.6. The molecule has 0 aliphatic carbocycles. The normalized spacial score (nSPS) is 12.2. The smallest absolute Gasteiger partial charge is 0.331 e. The van der Waals surface area contributed by atoms with Crippen molar-refractivity contribution in [3.8, 4) is 0 Å². The summed E-state index contributed by atoms with van der Waals surface area (Å²) in [5.41, 5.74) is -0.780. The maximum absolute atomic E-state index is 11.6. The molecule has 6 nitrogen and oxygen atoms in total. The zero-order valence-corrected chi connectivity index (χ0v) is 10.6. The fourth-order valence-corrected chi connectivity index (χ4v) is 1.54. The van der Waals surface area contributed by atoms with Gasteiger partial charge in [-0.25, -0.2) is 13.2 Å². The van der Waals surface area contributed by atoms with Crippen molar-refractivity contribution in [3.05, 3.63) is 24.5 Å². The van der Waals surface area contributed by atoms with Crippen molar-refractivity contribution in [1.29, 1.82) is 0 Å². The third-order valence-electron chi connectivity index (χ3n) is 1.80. The first-order valence-corrected chi connectivity index (χ1v) is 6.35. The number of hydrogen-bond donors (Lipinski definition) is 1. The van der Waals surface area contributed by atoms with Crippen LogP contribution in [0.25, 0.3) is 0 Å². The van der Waals surface area contributed by atoms with E-state index in [4.69, 9.17) is 0 Å². The van der Waals surface area contributed by atoms with Gasteiger partial charge in [0.15, 0.2) is 0 Å². The van der Waals surface area contributed by atoms with Crippen molar-refractivity contribution < 1.29 is 18.0 Å². The third-order valence-corrected chi connectivity index (χ3v) is 2.97. The van der Waals surface area contributed by atoms with E-state index < -0.39 is 21.4 Å². The van der Waals surface area contributed by atoms with E-state index in [1.807, 2.05) is 0 Å². The predicted molar refractivity (Wildman–Crippen MR) is 60.1 cm³/mol. The molecular weight excluding hydrogens is 244 g/mol. The summed E-state index contributed by atoms with van der Waals surface area (Å²) in [5, 5.41) is 0. The molecule has 0 saturated carbocycles. The second kappa shape index (κ2) is 4.80. The quantitative estimate of drug-likeness (QED) is 0.813. The summed E-state index contributed by atoms with van der Waals surface area (Å²) >= 11 is 0. The van der Waals surface area contributed by atoms with E-state index in [9.17, 15) is 13.2 Å². The monoisotopic (exact) mass is 258 g/mol. The van der Waals surface area contributed by atoms with Crippen LogP contribution in [0.1, 0.15) is 20.8 Å². The average Bonchev–Trinajstić information content (AvgIpc) is 2.26. The highest BCUT2D eigenvalue weighted by Gasteiger charge is 2.26. The summed E-state index contributed by atoms with van der Waals surface area (Å²) < 4.78 is 23.3. The van der Waals surface area contributed by atoms with Crippen LogP contribution in [0.5, 0.6) is 0 Å². The van der Waals surface area contributed by atoms with Crippen molar-refractivity contribution in [2.75, 3.05) is 0 Å². The Morgan fingerprint density at radius 2 is 2.06 bits per heavy atom. The van der Waals surface area contributed by atoms with Gasteiger partial charge < -0.3 is 4.84 Å². The van der Waals surface area contributed by atoms with Gasteiger partial charge in [-0.15, -0.1) is 0 Å². The summed E-state index contributed by atoms with van der Waals surface area (Å²) in [6.07, 6.45) is 2.60. The van der Waals surface area contributed by atoms with Crippen LogP contribution in [0.4, 0.5) is 0 Å². The molecule has 0 spiro atoms. The molecule has 0 radical (unpaired) electrons. The number of carbonyl (C=O) groups is 1. The summed E-state index contributed by atoms with van der Waals surface area (Å²) in [6, 6.07) is 2.82. The highest BCUT2D eigenvalue weighted by atomic mass is 32.2. The Kier molecular flexibility index (Phi) is 3.84. The lowest BCUT2D eigenvalue weighted by atomic mass is 9.98. The van der Waals surface area contributed by atoms with E-state index in [2.05, 4.69) is 9.82 Å². The second-order valence-electron chi connectivity index (χ2n) is 4.42. The Balaban J connectivity index is 2.74. The minimum Gasteiger partial charge on any atom is -0.355 e. The molecule has 17 heavy (non-hydrogen) atoms. The molecule has 1 heterocycles. The zero-order valence-electron chi connectivity index (χ0n) is 9.80. The Labute approximate surface area is 100 Å². The second-order valence-corrected chi connectivity index (χ2v) is 6.06. The molecule has 0 bridgehead atoms. The van der Waals surface area contributed by atoms with Gasteiger partial charge >= 0.3 is 5.97 Å². The Bertz CT molecular complexity index is 491. The van der Waals surface area contributed by atoms with Gasteiger partial charge in [-0.3, -0.25) is 4.98 Å². The largest absolute Gasteiger partial charge is 0.355 e. The third kappa shape index (κ3) is 3.79. The van der Waals surface area contributed by atoms with Crippen LogP contribution in [0, 0.1) is 5.41 Å². The number of nitrogens with zero attached hydrogens (tertiary/aromatic N) is 1. The molecule has 0 atom stereocenters. The molecule has 0 aliphatic rings. The summed E-state index contributed by atoms with van der Waals surface area (Å²) in [4.78, 5) is 21.3. The van der Waals surface area contributed by atoms with E-state index in [1.165, 1.54) is 18.3 Å². The first kappa shape index (κ1) is 13.6. The molecule has 0 amide bonds. The van der Waals surface area contributed by atoms with E-state index in [1.54, 1.807) is 25.7 Å². The lowest BCUT2D eigenvalue weighted by Crippen LogP contribution is -2.33. The van der Waals surface area contributed by atoms with Crippen LogP contribution < -0.4 is 4.89 Å². The molecule has 0 aromatic carbocycles. The molecule has 0 aliphatic heterocycles.